The van der Waals surface area contributed by atoms with Crippen LogP contribution in [-0.4, -0.2) is 26.7 Å². The number of nitrogens with zero attached hydrogens (tertiary/aromatic N) is 2. The second kappa shape index (κ2) is 8.01. The third-order valence-electron chi connectivity index (χ3n) is 3.88. The van der Waals surface area contributed by atoms with E-state index < -0.39 is 50.3 Å². The molecule has 13 heteroatoms. The Hall–Kier alpha value is -3.25. The van der Waals surface area contributed by atoms with E-state index in [1.807, 2.05) is 5.32 Å². The maximum absolute atomic E-state index is 13.1. The second-order valence-electron chi connectivity index (χ2n) is 5.74. The van der Waals surface area contributed by atoms with Gasteiger partial charge in [-0.05, 0) is 29.8 Å². The second-order valence-corrected chi connectivity index (χ2v) is 6.01. The molecule has 0 aromatic heterocycles. The van der Waals surface area contributed by atoms with Gasteiger partial charge in [-0.15, -0.1) is 11.6 Å². The summed E-state index contributed by atoms with van der Waals surface area (Å²) in [5, 5.41) is 34.1. The molecule has 0 saturated carbocycles. The fourth-order valence-electron chi connectivity index (χ4n) is 2.36. The number of halogens is 4. The first-order valence-electron chi connectivity index (χ1n) is 7.60. The predicted molar refractivity (Wildman–Crippen MR) is 94.4 cm³/mol. The lowest BCUT2D eigenvalue weighted by Gasteiger charge is -2.25. The monoisotopic (exact) mass is 433 g/mol. The zero-order chi connectivity index (χ0) is 22.0. The molecule has 9 nitrogen and oxygen atoms in total. The molecule has 0 aliphatic heterocycles. The number of nitrogens with one attached hydrogen (secondary N) is 1. The van der Waals surface area contributed by atoms with E-state index in [1.165, 1.54) is 0 Å². The first kappa shape index (κ1) is 22.0. The summed E-state index contributed by atoms with van der Waals surface area (Å²) in [7, 11) is 0. The number of aliphatic hydroxyl groups is 1. The minimum Gasteiger partial charge on any atom is -0.374 e. The van der Waals surface area contributed by atoms with E-state index in [-0.39, 0.29) is 11.3 Å². The van der Waals surface area contributed by atoms with Crippen LogP contribution in [0.3, 0.4) is 0 Å². The zero-order valence-corrected chi connectivity index (χ0v) is 14.9. The number of nitro groups is 2. The van der Waals surface area contributed by atoms with Crippen LogP contribution in [0, 0.1) is 20.2 Å². The normalized spacial score (nSPS) is 13.4. The predicted octanol–water partition coefficient (Wildman–Crippen LogP) is 3.59. The first-order chi connectivity index (χ1) is 13.4. The van der Waals surface area contributed by atoms with Crippen molar-refractivity contribution in [3.05, 3.63) is 73.8 Å². The van der Waals surface area contributed by atoms with E-state index >= 15 is 0 Å². The summed E-state index contributed by atoms with van der Waals surface area (Å²) in [5.74, 6) is -1.96. The number of alkyl halides is 4. The number of nitro benzene ring substituents is 2. The van der Waals surface area contributed by atoms with Crippen molar-refractivity contribution in [3.63, 3.8) is 0 Å². The first-order valence-corrected chi connectivity index (χ1v) is 8.14. The summed E-state index contributed by atoms with van der Waals surface area (Å²) >= 11 is 5.66. The molecule has 0 bridgehead atoms. The number of carbonyl (C=O) groups excluding carboxylic acids is 1. The van der Waals surface area contributed by atoms with Gasteiger partial charge in [0.2, 0.25) is 0 Å². The highest BCUT2D eigenvalue weighted by Gasteiger charge is 2.40. The third-order valence-corrected chi connectivity index (χ3v) is 4.27. The number of benzene rings is 2. The Balaban J connectivity index is 2.38. The van der Waals surface area contributed by atoms with Crippen molar-refractivity contribution in [2.24, 2.45) is 0 Å². The Morgan fingerprint density at radius 3 is 2.10 bits per heavy atom. The van der Waals surface area contributed by atoms with Crippen LogP contribution in [0.4, 0.5) is 30.2 Å². The number of hydrogen-bond donors (Lipinski definition) is 2. The van der Waals surface area contributed by atoms with Crippen molar-refractivity contribution in [1.29, 1.82) is 0 Å². The maximum Gasteiger partial charge on any atom is 0.423 e. The smallest absolute Gasteiger partial charge is 0.374 e. The van der Waals surface area contributed by atoms with Gasteiger partial charge in [0.25, 0.3) is 17.3 Å². The van der Waals surface area contributed by atoms with Gasteiger partial charge in [0.1, 0.15) is 5.56 Å². The van der Waals surface area contributed by atoms with Crippen molar-refractivity contribution in [1.82, 2.24) is 0 Å². The Morgan fingerprint density at radius 1 is 1.07 bits per heavy atom. The molecule has 1 amide bonds. The Labute approximate surface area is 165 Å². The van der Waals surface area contributed by atoms with E-state index in [9.17, 15) is 43.3 Å². The van der Waals surface area contributed by atoms with Crippen molar-refractivity contribution in [2.75, 3.05) is 11.2 Å². The van der Waals surface area contributed by atoms with E-state index in [0.29, 0.717) is 12.1 Å². The van der Waals surface area contributed by atoms with E-state index in [0.717, 1.165) is 30.3 Å². The molecule has 2 rings (SSSR count). The molecule has 0 aliphatic rings. The van der Waals surface area contributed by atoms with Crippen molar-refractivity contribution in [3.8, 4) is 0 Å². The topological polar surface area (TPSA) is 136 Å². The third kappa shape index (κ3) is 4.60. The Bertz CT molecular complexity index is 967. The van der Waals surface area contributed by atoms with Gasteiger partial charge in [-0.25, -0.2) is 0 Å². The van der Waals surface area contributed by atoms with Crippen LogP contribution >= 0.6 is 11.6 Å². The lowest BCUT2D eigenvalue weighted by molar-refractivity contribution is -0.388. The minimum atomic E-state index is -5.07. The molecule has 2 aromatic carbocycles. The molecule has 0 fully saturated rings. The van der Waals surface area contributed by atoms with Crippen LogP contribution in [0.25, 0.3) is 0 Å². The fourth-order valence-corrected chi connectivity index (χ4v) is 2.64. The minimum absolute atomic E-state index is 0.145. The van der Waals surface area contributed by atoms with Crippen molar-refractivity contribution < 1.29 is 32.9 Å². The number of anilines is 1. The number of non-ortho nitro benzene ring substituents is 1. The van der Waals surface area contributed by atoms with Crippen LogP contribution < -0.4 is 5.32 Å². The molecule has 29 heavy (non-hydrogen) atoms. The highest BCUT2D eigenvalue weighted by atomic mass is 35.5. The van der Waals surface area contributed by atoms with Gasteiger partial charge >= 0.3 is 6.18 Å². The van der Waals surface area contributed by atoms with Gasteiger partial charge in [-0.3, -0.25) is 25.0 Å². The standard InChI is InChI=1S/C16H11ClF3N3O6/c17-8-15(25,9-1-4-11(5-2-9)22(26)27)14(24)21-10-3-6-13(23(28)29)12(7-10)16(18,19)20/h1-7,25H,8H2,(H,21,24). The summed E-state index contributed by atoms with van der Waals surface area (Å²) in [6, 6.07) is 5.91. The van der Waals surface area contributed by atoms with Gasteiger partial charge in [-0.1, -0.05) is 0 Å². The molecule has 0 heterocycles. The molecule has 0 spiro atoms. The summed E-state index contributed by atoms with van der Waals surface area (Å²) < 4.78 is 39.2. The Morgan fingerprint density at radius 2 is 1.66 bits per heavy atom. The highest BCUT2D eigenvalue weighted by molar-refractivity contribution is 6.21. The molecule has 1 atom stereocenters. The number of hydrogen-bond acceptors (Lipinski definition) is 6. The van der Waals surface area contributed by atoms with Gasteiger partial charge in [0, 0.05) is 23.9 Å². The van der Waals surface area contributed by atoms with E-state index in [2.05, 4.69) is 0 Å². The summed E-state index contributed by atoms with van der Waals surface area (Å²) in [5.41, 5.74) is -6.18. The largest absolute Gasteiger partial charge is 0.423 e. The van der Waals surface area contributed by atoms with Crippen LogP contribution in [0.5, 0.6) is 0 Å². The van der Waals surface area contributed by atoms with Gasteiger partial charge in [0.05, 0.1) is 15.7 Å². The van der Waals surface area contributed by atoms with Crippen molar-refractivity contribution >= 4 is 34.6 Å². The van der Waals surface area contributed by atoms with Gasteiger partial charge < -0.3 is 10.4 Å². The summed E-state index contributed by atoms with van der Waals surface area (Å²) in [6.07, 6.45) is -5.07. The van der Waals surface area contributed by atoms with Gasteiger partial charge in [0.15, 0.2) is 5.60 Å². The molecule has 1 unspecified atom stereocenters. The number of carbonyl (C=O) groups is 1. The lowest BCUT2D eigenvalue weighted by atomic mass is 9.94. The molecule has 0 saturated heterocycles. The number of amides is 1. The molecular formula is C16H11ClF3N3O6. The summed E-state index contributed by atoms with van der Waals surface area (Å²) in [4.78, 5) is 32.0. The van der Waals surface area contributed by atoms with Crippen LogP contribution in [-0.2, 0) is 16.6 Å². The van der Waals surface area contributed by atoms with E-state index in [4.69, 9.17) is 11.6 Å². The average molecular weight is 434 g/mol. The molecule has 154 valence electrons. The lowest BCUT2D eigenvalue weighted by Crippen LogP contribution is -2.42. The quantitative estimate of drug-likeness (QED) is 0.406. The summed E-state index contributed by atoms with van der Waals surface area (Å²) in [6.45, 7) is 0. The maximum atomic E-state index is 13.1. The van der Waals surface area contributed by atoms with Crippen LogP contribution in [0.1, 0.15) is 11.1 Å². The average Bonchev–Trinajstić information content (AvgIpc) is 2.66. The highest BCUT2D eigenvalue weighted by Crippen LogP contribution is 2.38. The molecule has 0 radical (unpaired) electrons. The molecule has 0 aliphatic carbocycles. The molecule has 2 aromatic rings. The van der Waals surface area contributed by atoms with Crippen molar-refractivity contribution in [2.45, 2.75) is 11.8 Å². The van der Waals surface area contributed by atoms with Gasteiger partial charge in [-0.2, -0.15) is 13.2 Å². The Kier molecular flexibility index (Phi) is 6.09. The number of rotatable bonds is 6. The molecule has 2 N–H and O–H groups in total. The SMILES string of the molecule is O=C(Nc1ccc([N+](=O)[O-])c(C(F)(F)F)c1)C(O)(CCl)c1ccc([N+](=O)[O-])cc1. The van der Waals surface area contributed by atoms with E-state index in [1.54, 1.807) is 0 Å². The fraction of sp³-hybridized carbons (Fsp3) is 0.188. The van der Waals surface area contributed by atoms with Crippen LogP contribution in [0.2, 0.25) is 0 Å². The molecular weight excluding hydrogens is 423 g/mol. The van der Waals surface area contributed by atoms with Crippen LogP contribution in [0.15, 0.2) is 42.5 Å². The zero-order valence-electron chi connectivity index (χ0n) is 14.1.